The highest BCUT2D eigenvalue weighted by Gasteiger charge is 2.23. The summed E-state index contributed by atoms with van der Waals surface area (Å²) in [6.45, 7) is 0. The fraction of sp³-hybridized carbons (Fsp3) is 0.400. The van der Waals surface area contributed by atoms with Gasteiger partial charge < -0.3 is 31.5 Å². The van der Waals surface area contributed by atoms with Crippen LogP contribution < -0.4 is 21.3 Å². The number of thiol groups is 2. The number of rotatable bonds is 14. The van der Waals surface area contributed by atoms with E-state index in [1.165, 1.54) is 24.3 Å². The minimum absolute atomic E-state index is 0.146. The average molecular weight is 515 g/mol. The number of benzene rings is 1. The minimum atomic E-state index is -1.13. The molecule has 0 aliphatic carbocycles. The Hall–Kier alpha value is -3.26. The third-order valence-electron chi connectivity index (χ3n) is 4.28. The van der Waals surface area contributed by atoms with Crippen molar-refractivity contribution in [3.63, 3.8) is 0 Å². The van der Waals surface area contributed by atoms with Gasteiger partial charge in [0, 0.05) is 24.2 Å². The van der Waals surface area contributed by atoms with Gasteiger partial charge in [-0.3, -0.25) is 28.8 Å². The molecule has 1 aromatic carbocycles. The highest BCUT2D eigenvalue weighted by atomic mass is 32.1. The number of hydrogen-bond acceptors (Lipinski definition) is 8. The Morgan fingerprint density at radius 2 is 1.12 bits per heavy atom. The molecule has 186 valence electrons. The standard InChI is InChI=1S/C20H26N4O8S2/c25-15(9-33)23-13(4-6-17(27)28)19(31)21-11-2-1-3-12(8-11)22-20(32)14(5-7-18(29)30)24-16(26)10-34/h1-3,8,13-14,33-34H,4-7,9-10H2,(H,21,31)(H,22,32)(H,23,25)(H,24,26)(H,27,28)(H,29,30). The van der Waals surface area contributed by atoms with Crippen molar-refractivity contribution in [1.82, 2.24) is 10.6 Å². The largest absolute Gasteiger partial charge is 0.481 e. The summed E-state index contributed by atoms with van der Waals surface area (Å²) in [5.41, 5.74) is 0.481. The first-order valence-electron chi connectivity index (χ1n) is 10.0. The molecule has 1 rings (SSSR count). The summed E-state index contributed by atoms with van der Waals surface area (Å²) in [4.78, 5) is 70.1. The van der Waals surface area contributed by atoms with Crippen LogP contribution in [0.3, 0.4) is 0 Å². The molecular weight excluding hydrogens is 488 g/mol. The van der Waals surface area contributed by atoms with E-state index in [9.17, 15) is 28.8 Å². The van der Waals surface area contributed by atoms with Gasteiger partial charge in [0.2, 0.25) is 23.6 Å². The van der Waals surface area contributed by atoms with Crippen molar-refractivity contribution in [1.29, 1.82) is 0 Å². The molecule has 0 spiro atoms. The van der Waals surface area contributed by atoms with Crippen molar-refractivity contribution in [2.45, 2.75) is 37.8 Å². The Kier molecular flexibility index (Phi) is 12.5. The van der Waals surface area contributed by atoms with Crippen LogP contribution in [-0.4, -0.2) is 69.4 Å². The molecule has 0 heterocycles. The monoisotopic (exact) mass is 514 g/mol. The number of nitrogens with one attached hydrogen (secondary N) is 4. The van der Waals surface area contributed by atoms with Crippen molar-refractivity contribution in [3.05, 3.63) is 24.3 Å². The normalized spacial score (nSPS) is 12.1. The first-order valence-corrected chi connectivity index (χ1v) is 11.3. The van der Waals surface area contributed by atoms with Crippen LogP contribution in [0.1, 0.15) is 25.7 Å². The quantitative estimate of drug-likeness (QED) is 0.161. The van der Waals surface area contributed by atoms with E-state index >= 15 is 0 Å². The Bertz CT molecular complexity index is 858. The van der Waals surface area contributed by atoms with Gasteiger partial charge in [0.25, 0.3) is 0 Å². The number of carbonyl (C=O) groups is 6. The zero-order valence-corrected chi connectivity index (χ0v) is 19.7. The molecular formula is C20H26N4O8S2. The molecule has 34 heavy (non-hydrogen) atoms. The summed E-state index contributed by atoms with van der Waals surface area (Å²) in [5.74, 6) is -5.08. The molecule has 0 saturated heterocycles. The van der Waals surface area contributed by atoms with Gasteiger partial charge in [-0.1, -0.05) is 6.07 Å². The summed E-state index contributed by atoms with van der Waals surface area (Å²) >= 11 is 7.64. The lowest BCUT2D eigenvalue weighted by Gasteiger charge is -2.19. The van der Waals surface area contributed by atoms with Crippen LogP contribution in [0, 0.1) is 0 Å². The van der Waals surface area contributed by atoms with E-state index < -0.39 is 47.7 Å². The molecule has 0 fully saturated rings. The molecule has 0 bridgehead atoms. The third-order valence-corrected chi connectivity index (χ3v) is 4.86. The number of anilines is 2. The number of carboxylic acids is 2. The minimum Gasteiger partial charge on any atom is -0.481 e. The van der Waals surface area contributed by atoms with Crippen LogP contribution in [-0.2, 0) is 28.8 Å². The highest BCUT2D eigenvalue weighted by molar-refractivity contribution is 7.81. The maximum absolute atomic E-state index is 12.6. The summed E-state index contributed by atoms with van der Waals surface area (Å²) in [5, 5.41) is 27.6. The van der Waals surface area contributed by atoms with Gasteiger partial charge in [-0.25, -0.2) is 0 Å². The molecule has 4 amide bonds. The first kappa shape index (κ1) is 28.8. The molecule has 0 saturated carbocycles. The topological polar surface area (TPSA) is 191 Å². The molecule has 0 aliphatic heterocycles. The van der Waals surface area contributed by atoms with E-state index in [0.717, 1.165) is 0 Å². The fourth-order valence-corrected chi connectivity index (χ4v) is 2.87. The Labute approximate surface area is 206 Å². The van der Waals surface area contributed by atoms with Crippen molar-refractivity contribution in [2.75, 3.05) is 22.1 Å². The van der Waals surface area contributed by atoms with Crippen molar-refractivity contribution in [3.8, 4) is 0 Å². The van der Waals surface area contributed by atoms with Gasteiger partial charge in [-0.05, 0) is 31.0 Å². The third kappa shape index (κ3) is 11.0. The molecule has 0 aromatic heterocycles. The molecule has 6 N–H and O–H groups in total. The number of amides is 4. The van der Waals surface area contributed by atoms with Crippen molar-refractivity contribution >= 4 is 72.2 Å². The zero-order valence-electron chi connectivity index (χ0n) is 17.9. The summed E-state index contributed by atoms with van der Waals surface area (Å²) in [7, 11) is 0. The lowest BCUT2D eigenvalue weighted by Crippen LogP contribution is -2.45. The summed E-state index contributed by atoms with van der Waals surface area (Å²) < 4.78 is 0. The predicted octanol–water partition coefficient (Wildman–Crippen LogP) is 0.122. The molecule has 1 aromatic rings. The maximum atomic E-state index is 12.6. The summed E-state index contributed by atoms with van der Waals surface area (Å²) in [6.07, 6.45) is -0.992. The van der Waals surface area contributed by atoms with Gasteiger partial charge >= 0.3 is 11.9 Å². The van der Waals surface area contributed by atoms with Crippen LogP contribution >= 0.6 is 25.3 Å². The van der Waals surface area contributed by atoms with Crippen molar-refractivity contribution < 1.29 is 39.0 Å². The van der Waals surface area contributed by atoms with Gasteiger partial charge in [-0.2, -0.15) is 25.3 Å². The van der Waals surface area contributed by atoms with E-state index in [1.807, 2.05) is 0 Å². The molecule has 2 atom stereocenters. The van der Waals surface area contributed by atoms with Crippen LogP contribution in [0.4, 0.5) is 11.4 Å². The molecule has 2 unspecified atom stereocenters. The molecule has 14 heteroatoms. The van der Waals surface area contributed by atoms with Gasteiger partial charge in [0.05, 0.1) is 11.5 Å². The van der Waals surface area contributed by atoms with Crippen molar-refractivity contribution in [2.24, 2.45) is 0 Å². The van der Waals surface area contributed by atoms with Crippen LogP contribution in [0.2, 0.25) is 0 Å². The lowest BCUT2D eigenvalue weighted by molar-refractivity contribution is -0.138. The first-order chi connectivity index (χ1) is 16.0. The number of hydrogen-bond donors (Lipinski definition) is 8. The SMILES string of the molecule is O=C(O)CCC(NC(=O)CS)C(=O)Nc1cccc(NC(=O)C(CCC(=O)O)NC(=O)CS)c1. The van der Waals surface area contributed by atoms with Crippen LogP contribution in [0.15, 0.2) is 24.3 Å². The lowest BCUT2D eigenvalue weighted by atomic mass is 10.1. The summed E-state index contributed by atoms with van der Waals surface area (Å²) in [6, 6.07) is 3.69. The smallest absolute Gasteiger partial charge is 0.303 e. The van der Waals surface area contributed by atoms with E-state index in [1.54, 1.807) is 0 Å². The van der Waals surface area contributed by atoms with E-state index in [4.69, 9.17) is 10.2 Å². The van der Waals surface area contributed by atoms with Gasteiger partial charge in [-0.15, -0.1) is 0 Å². The molecule has 12 nitrogen and oxygen atoms in total. The number of carbonyl (C=O) groups excluding carboxylic acids is 4. The average Bonchev–Trinajstić information content (AvgIpc) is 2.78. The van der Waals surface area contributed by atoms with E-state index in [0.29, 0.717) is 0 Å². The van der Waals surface area contributed by atoms with E-state index in [-0.39, 0.29) is 48.6 Å². The Morgan fingerprint density at radius 3 is 1.44 bits per heavy atom. The number of carboxylic acid groups (broad SMARTS) is 2. The maximum Gasteiger partial charge on any atom is 0.303 e. The van der Waals surface area contributed by atoms with Crippen LogP contribution in [0.5, 0.6) is 0 Å². The zero-order chi connectivity index (χ0) is 25.7. The second-order valence-corrected chi connectivity index (χ2v) is 7.61. The van der Waals surface area contributed by atoms with Gasteiger partial charge in [0.1, 0.15) is 12.1 Å². The molecule has 0 aliphatic rings. The van der Waals surface area contributed by atoms with Crippen LogP contribution in [0.25, 0.3) is 0 Å². The molecule has 0 radical (unpaired) electrons. The van der Waals surface area contributed by atoms with Gasteiger partial charge in [0.15, 0.2) is 0 Å². The highest BCUT2D eigenvalue weighted by Crippen LogP contribution is 2.17. The number of aliphatic carboxylic acids is 2. The second kappa shape index (κ2) is 14.8. The fourth-order valence-electron chi connectivity index (χ4n) is 2.69. The Morgan fingerprint density at radius 1 is 0.735 bits per heavy atom. The van der Waals surface area contributed by atoms with E-state index in [2.05, 4.69) is 46.5 Å². The second-order valence-electron chi connectivity index (χ2n) is 6.98. The Balaban J connectivity index is 2.91. The predicted molar refractivity (Wildman–Crippen MR) is 129 cm³/mol.